The van der Waals surface area contributed by atoms with E-state index in [0.29, 0.717) is 6.61 Å². The molecule has 0 aliphatic heterocycles. The Labute approximate surface area is 187 Å². The topological polar surface area (TPSA) is 9.23 Å². The van der Waals surface area contributed by atoms with Gasteiger partial charge >= 0.3 is 0 Å². The Kier molecular flexibility index (Phi) is 7.11. The normalized spacial score (nSPS) is 18.1. The molecule has 3 aromatic carbocycles. The Morgan fingerprint density at radius 1 is 0.677 bits per heavy atom. The Hall–Kier alpha value is -2.98. The molecule has 0 aromatic heterocycles. The molecule has 0 amide bonds. The van der Waals surface area contributed by atoms with E-state index in [1.165, 1.54) is 48.8 Å². The van der Waals surface area contributed by atoms with Gasteiger partial charge in [-0.25, -0.2) is 0 Å². The summed E-state index contributed by atoms with van der Waals surface area (Å²) in [4.78, 5) is 0. The van der Waals surface area contributed by atoms with Gasteiger partial charge < -0.3 is 4.74 Å². The summed E-state index contributed by atoms with van der Waals surface area (Å²) in [6.45, 7) is 5.02. The van der Waals surface area contributed by atoms with Crippen LogP contribution in [0.2, 0.25) is 0 Å². The predicted octanol–water partition coefficient (Wildman–Crippen LogP) is 7.84. The van der Waals surface area contributed by atoms with Gasteiger partial charge in [0.25, 0.3) is 0 Å². The summed E-state index contributed by atoms with van der Waals surface area (Å²) >= 11 is 0. The number of benzene rings is 3. The highest BCUT2D eigenvalue weighted by Gasteiger charge is 2.20. The molecule has 1 heteroatoms. The molecule has 1 aliphatic rings. The van der Waals surface area contributed by atoms with E-state index in [4.69, 9.17) is 4.74 Å². The van der Waals surface area contributed by atoms with Crippen molar-refractivity contribution in [2.75, 3.05) is 6.61 Å². The predicted molar refractivity (Wildman–Crippen MR) is 130 cm³/mol. The molecule has 1 fully saturated rings. The summed E-state index contributed by atoms with van der Waals surface area (Å²) in [5, 5.41) is 0. The molecule has 31 heavy (non-hydrogen) atoms. The van der Waals surface area contributed by atoms with E-state index in [-0.39, 0.29) is 0 Å². The Morgan fingerprint density at radius 3 is 1.71 bits per heavy atom. The Balaban J connectivity index is 1.38. The van der Waals surface area contributed by atoms with Crippen LogP contribution in [-0.2, 0) is 0 Å². The molecule has 0 atom stereocenters. The van der Waals surface area contributed by atoms with Crippen LogP contribution in [0.3, 0.4) is 0 Å². The molecule has 0 heterocycles. The number of rotatable bonds is 5. The summed E-state index contributed by atoms with van der Waals surface area (Å²) in [5.74, 6) is 9.22. The summed E-state index contributed by atoms with van der Waals surface area (Å²) in [6, 6.07) is 25.6. The third kappa shape index (κ3) is 5.59. The van der Waals surface area contributed by atoms with E-state index in [1.807, 2.05) is 19.1 Å². The zero-order valence-corrected chi connectivity index (χ0v) is 18.7. The minimum absolute atomic E-state index is 0.690. The summed E-state index contributed by atoms with van der Waals surface area (Å²) < 4.78 is 5.52. The minimum atomic E-state index is 0.690. The van der Waals surface area contributed by atoms with Crippen LogP contribution in [0, 0.1) is 17.8 Å². The molecule has 158 valence electrons. The molecule has 1 saturated carbocycles. The van der Waals surface area contributed by atoms with Crippen LogP contribution in [0.25, 0.3) is 11.1 Å². The molecule has 1 nitrogen and oxygen atoms in total. The highest BCUT2D eigenvalue weighted by atomic mass is 16.5. The standard InChI is InChI=1S/C30H32O/c1-3-23-7-13-26(14-8-23)27-15-9-24(10-16-27)5-6-25-11-17-28(18-12-25)29-19-21-30(22-20-29)31-4-2/h9-12,15-23,26H,3-4,7-8,13-14H2,1-2H3/t23-,26-. The lowest BCUT2D eigenvalue weighted by atomic mass is 9.78. The van der Waals surface area contributed by atoms with E-state index < -0.39 is 0 Å². The third-order valence-corrected chi connectivity index (χ3v) is 6.54. The third-order valence-electron chi connectivity index (χ3n) is 6.54. The fourth-order valence-electron chi connectivity index (χ4n) is 4.54. The minimum Gasteiger partial charge on any atom is -0.494 e. The largest absolute Gasteiger partial charge is 0.494 e. The molecule has 4 rings (SSSR count). The first-order chi connectivity index (χ1) is 15.2. The summed E-state index contributed by atoms with van der Waals surface area (Å²) in [5.41, 5.74) is 5.99. The lowest BCUT2D eigenvalue weighted by Gasteiger charge is -2.28. The summed E-state index contributed by atoms with van der Waals surface area (Å²) in [6.07, 6.45) is 6.78. The van der Waals surface area contributed by atoms with Crippen LogP contribution < -0.4 is 4.74 Å². The van der Waals surface area contributed by atoms with E-state index in [9.17, 15) is 0 Å². The number of hydrogen-bond acceptors (Lipinski definition) is 1. The fourth-order valence-corrected chi connectivity index (χ4v) is 4.54. The van der Waals surface area contributed by atoms with Gasteiger partial charge in [0.15, 0.2) is 0 Å². The van der Waals surface area contributed by atoms with Gasteiger partial charge in [0, 0.05) is 11.1 Å². The van der Waals surface area contributed by atoms with Gasteiger partial charge in [-0.3, -0.25) is 0 Å². The van der Waals surface area contributed by atoms with Crippen LogP contribution in [-0.4, -0.2) is 6.61 Å². The van der Waals surface area contributed by atoms with Crippen molar-refractivity contribution in [1.29, 1.82) is 0 Å². The second-order valence-electron chi connectivity index (χ2n) is 8.53. The number of ether oxygens (including phenoxy) is 1. The summed E-state index contributed by atoms with van der Waals surface area (Å²) in [7, 11) is 0. The smallest absolute Gasteiger partial charge is 0.119 e. The molecular formula is C30H32O. The van der Waals surface area contributed by atoms with E-state index >= 15 is 0 Å². The molecule has 0 N–H and O–H groups in total. The molecule has 0 saturated heterocycles. The zero-order valence-electron chi connectivity index (χ0n) is 18.7. The molecular weight excluding hydrogens is 376 g/mol. The van der Waals surface area contributed by atoms with E-state index in [1.54, 1.807) is 0 Å². The molecule has 3 aromatic rings. The van der Waals surface area contributed by atoms with Crippen molar-refractivity contribution >= 4 is 0 Å². The van der Waals surface area contributed by atoms with Gasteiger partial charge in [0.1, 0.15) is 5.75 Å². The van der Waals surface area contributed by atoms with Crippen LogP contribution in [0.4, 0.5) is 0 Å². The van der Waals surface area contributed by atoms with Crippen LogP contribution >= 0.6 is 0 Å². The maximum absolute atomic E-state index is 5.52. The Morgan fingerprint density at radius 2 is 1.19 bits per heavy atom. The second-order valence-corrected chi connectivity index (χ2v) is 8.53. The maximum Gasteiger partial charge on any atom is 0.119 e. The van der Waals surface area contributed by atoms with Gasteiger partial charge in [0.2, 0.25) is 0 Å². The highest BCUT2D eigenvalue weighted by Crippen LogP contribution is 2.36. The SMILES string of the molecule is CCOc1ccc(-c2ccc(C#Cc3ccc([C@H]4CC[C@H](CC)CC4)cc3)cc2)cc1. The maximum atomic E-state index is 5.52. The van der Waals surface area contributed by atoms with Crippen molar-refractivity contribution in [2.24, 2.45) is 5.92 Å². The quantitative estimate of drug-likeness (QED) is 0.391. The van der Waals surface area contributed by atoms with Gasteiger partial charge in [-0.05, 0) is 97.5 Å². The van der Waals surface area contributed by atoms with E-state index in [0.717, 1.165) is 28.7 Å². The van der Waals surface area contributed by atoms with Crippen LogP contribution in [0.5, 0.6) is 5.75 Å². The van der Waals surface area contributed by atoms with Crippen molar-refractivity contribution in [2.45, 2.75) is 51.9 Å². The first-order valence-corrected chi connectivity index (χ1v) is 11.7. The monoisotopic (exact) mass is 408 g/mol. The molecule has 0 unspecified atom stereocenters. The first kappa shape index (κ1) is 21.3. The molecule has 0 bridgehead atoms. The molecule has 0 spiro atoms. The zero-order chi connectivity index (χ0) is 21.5. The second kappa shape index (κ2) is 10.4. The van der Waals surface area contributed by atoms with Crippen molar-refractivity contribution in [1.82, 2.24) is 0 Å². The van der Waals surface area contributed by atoms with E-state index in [2.05, 4.69) is 79.4 Å². The van der Waals surface area contributed by atoms with Gasteiger partial charge in [0.05, 0.1) is 6.61 Å². The van der Waals surface area contributed by atoms with Gasteiger partial charge in [-0.15, -0.1) is 0 Å². The van der Waals surface area contributed by atoms with Gasteiger partial charge in [-0.1, -0.05) is 61.6 Å². The van der Waals surface area contributed by atoms with Crippen molar-refractivity contribution in [3.05, 3.63) is 89.5 Å². The van der Waals surface area contributed by atoms with Gasteiger partial charge in [-0.2, -0.15) is 0 Å². The van der Waals surface area contributed by atoms with Crippen LogP contribution in [0.1, 0.15) is 68.6 Å². The highest BCUT2D eigenvalue weighted by molar-refractivity contribution is 5.65. The first-order valence-electron chi connectivity index (χ1n) is 11.7. The lowest BCUT2D eigenvalue weighted by Crippen LogP contribution is -2.12. The average molecular weight is 409 g/mol. The van der Waals surface area contributed by atoms with Crippen molar-refractivity contribution < 1.29 is 4.74 Å². The number of hydrogen-bond donors (Lipinski definition) is 0. The molecule has 1 aliphatic carbocycles. The average Bonchev–Trinajstić information content (AvgIpc) is 2.84. The Bertz CT molecular complexity index is 1010. The van der Waals surface area contributed by atoms with Crippen molar-refractivity contribution in [3.8, 4) is 28.7 Å². The fraction of sp³-hybridized carbons (Fsp3) is 0.333. The molecule has 0 radical (unpaired) electrons. The lowest BCUT2D eigenvalue weighted by molar-refractivity contribution is 0.319. The van der Waals surface area contributed by atoms with Crippen molar-refractivity contribution in [3.63, 3.8) is 0 Å². The van der Waals surface area contributed by atoms with Crippen LogP contribution in [0.15, 0.2) is 72.8 Å².